The molecular weight excluding hydrogens is 556 g/mol. The summed E-state index contributed by atoms with van der Waals surface area (Å²) in [7, 11) is 0. The van der Waals surface area contributed by atoms with Crippen molar-refractivity contribution in [1.29, 1.82) is 0 Å². The molecule has 238 valence electrons. The topological polar surface area (TPSA) is 110 Å². The largest absolute Gasteiger partial charge is 0.472 e. The first-order valence-electron chi connectivity index (χ1n) is 15.8. The molecule has 1 aromatic heterocycles. The molecule has 9 nitrogen and oxygen atoms in total. The molecule has 2 aromatic rings. The fourth-order valence-electron chi connectivity index (χ4n) is 6.56. The first-order chi connectivity index (χ1) is 20.6. The lowest BCUT2D eigenvalue weighted by Crippen LogP contribution is -2.58. The van der Waals surface area contributed by atoms with E-state index in [1.54, 1.807) is 11.1 Å². The van der Waals surface area contributed by atoms with Crippen molar-refractivity contribution in [3.63, 3.8) is 0 Å². The number of pyridine rings is 1. The highest BCUT2D eigenvalue weighted by atomic mass is 16.5. The molecule has 0 spiro atoms. The smallest absolute Gasteiger partial charge is 0.407 e. The zero-order chi connectivity index (χ0) is 32.0. The van der Waals surface area contributed by atoms with Gasteiger partial charge in [-0.25, -0.2) is 9.78 Å². The van der Waals surface area contributed by atoms with E-state index in [0.717, 1.165) is 36.5 Å². The van der Waals surface area contributed by atoms with Gasteiger partial charge in [-0.3, -0.25) is 9.59 Å². The lowest BCUT2D eigenvalue weighted by atomic mass is 9.85. The Hall–Kier alpha value is -3.62. The molecule has 2 N–H and O–H groups in total. The number of aromatic nitrogens is 1. The van der Waals surface area contributed by atoms with Crippen LogP contribution in [0.5, 0.6) is 5.88 Å². The fraction of sp³-hybridized carbons (Fsp3) is 0.600. The van der Waals surface area contributed by atoms with Crippen molar-refractivity contribution in [1.82, 2.24) is 20.5 Å². The Balaban J connectivity index is 1.52. The number of carbonyl (C=O) groups is 3. The van der Waals surface area contributed by atoms with Gasteiger partial charge in [0.15, 0.2) is 0 Å². The van der Waals surface area contributed by atoms with Gasteiger partial charge < -0.3 is 25.0 Å². The van der Waals surface area contributed by atoms with Gasteiger partial charge in [-0.1, -0.05) is 46.8 Å². The highest BCUT2D eigenvalue weighted by Gasteiger charge is 2.52. The molecule has 4 bridgehead atoms. The summed E-state index contributed by atoms with van der Waals surface area (Å²) in [5.41, 5.74) is 1.13. The summed E-state index contributed by atoms with van der Waals surface area (Å²) in [5.74, 6) is 0.111. The van der Waals surface area contributed by atoms with Crippen molar-refractivity contribution >= 4 is 28.7 Å². The van der Waals surface area contributed by atoms with Crippen LogP contribution in [-0.4, -0.2) is 64.7 Å². The lowest BCUT2D eigenvalue weighted by molar-refractivity contribution is -0.142. The van der Waals surface area contributed by atoms with E-state index in [0.29, 0.717) is 12.3 Å². The molecule has 5 atom stereocenters. The number of hydrogen-bond donors (Lipinski definition) is 2. The molecule has 1 saturated carbocycles. The molecule has 3 aliphatic rings. The van der Waals surface area contributed by atoms with Gasteiger partial charge >= 0.3 is 6.09 Å². The standard InChI is InChI=1S/C35H48N4O5/c1-9-24-18-35(24,8)38-29(40)27-17-25-19-39(27)31(41)28(33(3,4)5)37-32(42)43-20-34(6,7)13-10-11-22-16-26-23(15-21(22)2)12-14-36-30(26)44-25/h9,12,14-16,24-25,27-28H,1,10-11,13,17-20H2,2-8H3,(H,37,42)(H,38,40)/t24?,25-,27+,28-,35?/m1/s1. The average molecular weight is 605 g/mol. The summed E-state index contributed by atoms with van der Waals surface area (Å²) < 4.78 is 12.2. The summed E-state index contributed by atoms with van der Waals surface area (Å²) in [6.07, 6.45) is 6.24. The summed E-state index contributed by atoms with van der Waals surface area (Å²) in [6, 6.07) is 4.62. The van der Waals surface area contributed by atoms with Crippen molar-refractivity contribution in [2.24, 2.45) is 16.7 Å². The molecule has 1 aliphatic carbocycles. The maximum Gasteiger partial charge on any atom is 0.407 e. The number of nitrogens with zero attached hydrogens (tertiary/aromatic N) is 2. The normalized spacial score (nSPS) is 29.2. The van der Waals surface area contributed by atoms with Crippen LogP contribution in [-0.2, 0) is 20.7 Å². The summed E-state index contributed by atoms with van der Waals surface area (Å²) >= 11 is 0. The minimum absolute atomic E-state index is 0.186. The van der Waals surface area contributed by atoms with Gasteiger partial charge in [0.05, 0.1) is 13.2 Å². The molecule has 0 radical (unpaired) electrons. The van der Waals surface area contributed by atoms with Gasteiger partial charge in [0.25, 0.3) is 0 Å². The highest BCUT2D eigenvalue weighted by Crippen LogP contribution is 2.44. The maximum atomic E-state index is 14.3. The lowest BCUT2D eigenvalue weighted by Gasteiger charge is -2.35. The van der Waals surface area contributed by atoms with Crippen LogP contribution < -0.4 is 15.4 Å². The molecule has 5 rings (SSSR count). The summed E-state index contributed by atoms with van der Waals surface area (Å²) in [4.78, 5) is 47.4. The number of nitrogens with one attached hydrogen (secondary N) is 2. The van der Waals surface area contributed by atoms with E-state index >= 15 is 0 Å². The Labute approximate surface area is 261 Å². The SMILES string of the molecule is C=CC1CC1(C)NC(=O)[C@@H]1C[C@@H]2CN1C(=O)[C@H](C(C)(C)C)NC(=O)OCC(C)(C)CCCc1cc3c(nccc3cc1C)O2. The van der Waals surface area contributed by atoms with Crippen molar-refractivity contribution in [3.8, 4) is 5.88 Å². The second kappa shape index (κ2) is 11.7. The molecule has 1 aromatic carbocycles. The number of alkyl carbamates (subject to hydrolysis) is 1. The second-order valence-corrected chi connectivity index (χ2v) is 15.1. The molecule has 44 heavy (non-hydrogen) atoms. The van der Waals surface area contributed by atoms with E-state index in [1.807, 2.05) is 39.8 Å². The molecule has 3 amide bonds. The minimum atomic E-state index is -0.912. The van der Waals surface area contributed by atoms with E-state index in [9.17, 15) is 14.4 Å². The first kappa shape index (κ1) is 31.8. The van der Waals surface area contributed by atoms with E-state index in [1.165, 1.54) is 11.1 Å². The van der Waals surface area contributed by atoms with Crippen LogP contribution in [0.15, 0.2) is 37.1 Å². The molecule has 2 unspecified atom stereocenters. The Kier molecular flexibility index (Phi) is 8.46. The van der Waals surface area contributed by atoms with E-state index in [2.05, 4.69) is 55.1 Å². The predicted molar refractivity (Wildman–Crippen MR) is 170 cm³/mol. The predicted octanol–water partition coefficient (Wildman–Crippen LogP) is 5.48. The number of cyclic esters (lactones) is 1. The number of rotatable bonds is 3. The van der Waals surface area contributed by atoms with Crippen LogP contribution >= 0.6 is 0 Å². The maximum absolute atomic E-state index is 14.3. The number of fused-ring (bicyclic) bond motifs is 3. The molecule has 2 aliphatic heterocycles. The number of hydrogen-bond acceptors (Lipinski definition) is 6. The third-order valence-corrected chi connectivity index (χ3v) is 9.58. The molecule has 2 fully saturated rings. The van der Waals surface area contributed by atoms with E-state index in [4.69, 9.17) is 9.47 Å². The number of benzene rings is 1. The molecular formula is C35H48N4O5. The van der Waals surface area contributed by atoms with E-state index in [-0.39, 0.29) is 41.8 Å². The van der Waals surface area contributed by atoms with Gasteiger partial charge in [-0.05, 0) is 79.0 Å². The van der Waals surface area contributed by atoms with E-state index < -0.39 is 29.7 Å². The van der Waals surface area contributed by atoms with Crippen LogP contribution in [0.3, 0.4) is 0 Å². The first-order valence-corrected chi connectivity index (χ1v) is 15.8. The van der Waals surface area contributed by atoms with Crippen LogP contribution in [0.25, 0.3) is 10.8 Å². The van der Waals surface area contributed by atoms with Crippen molar-refractivity contribution in [2.75, 3.05) is 13.2 Å². The minimum Gasteiger partial charge on any atom is -0.472 e. The third-order valence-electron chi connectivity index (χ3n) is 9.58. The van der Waals surface area contributed by atoms with Crippen LogP contribution in [0, 0.1) is 23.7 Å². The molecule has 1 saturated heterocycles. The van der Waals surface area contributed by atoms with Gasteiger partial charge in [0.2, 0.25) is 17.7 Å². The van der Waals surface area contributed by atoms with Gasteiger partial charge in [0, 0.05) is 29.5 Å². The monoisotopic (exact) mass is 604 g/mol. The van der Waals surface area contributed by atoms with Crippen LogP contribution in [0.4, 0.5) is 4.79 Å². The Bertz CT molecular complexity index is 1460. The van der Waals surface area contributed by atoms with Crippen molar-refractivity contribution < 1.29 is 23.9 Å². The third kappa shape index (κ3) is 6.71. The quantitative estimate of drug-likeness (QED) is 0.450. The highest BCUT2D eigenvalue weighted by molar-refractivity contribution is 5.93. The van der Waals surface area contributed by atoms with Crippen LogP contribution in [0.2, 0.25) is 0 Å². The summed E-state index contributed by atoms with van der Waals surface area (Å²) in [5, 5.41) is 7.97. The average Bonchev–Trinajstić information content (AvgIpc) is 3.39. The zero-order valence-electron chi connectivity index (χ0n) is 27.3. The molecule has 3 heterocycles. The Morgan fingerprint density at radius 2 is 1.98 bits per heavy atom. The van der Waals surface area contributed by atoms with Gasteiger partial charge in [-0.15, -0.1) is 6.58 Å². The van der Waals surface area contributed by atoms with Crippen LogP contribution in [0.1, 0.15) is 78.4 Å². The number of aryl methyl sites for hydroxylation is 2. The van der Waals surface area contributed by atoms with Gasteiger partial charge in [-0.2, -0.15) is 0 Å². The van der Waals surface area contributed by atoms with Crippen molar-refractivity contribution in [2.45, 2.75) is 104 Å². The number of amides is 3. The zero-order valence-corrected chi connectivity index (χ0v) is 27.3. The molecule has 9 heteroatoms. The summed E-state index contributed by atoms with van der Waals surface area (Å²) in [6.45, 7) is 18.3. The number of carbonyl (C=O) groups excluding carboxylic acids is 3. The van der Waals surface area contributed by atoms with Gasteiger partial charge in [0.1, 0.15) is 18.2 Å². The fourth-order valence-corrected chi connectivity index (χ4v) is 6.56. The Morgan fingerprint density at radius 1 is 1.23 bits per heavy atom. The van der Waals surface area contributed by atoms with Crippen molar-refractivity contribution in [3.05, 3.63) is 48.2 Å². The second-order valence-electron chi connectivity index (χ2n) is 15.1. The Morgan fingerprint density at radius 3 is 2.66 bits per heavy atom. The number of ether oxygens (including phenoxy) is 2.